The molecule has 0 bridgehead atoms. The maximum atomic E-state index is 12.5. The molecule has 2 N–H and O–H groups in total. The van der Waals surface area contributed by atoms with Crippen LogP contribution in [0.15, 0.2) is 38.3 Å². The molecule has 3 heterocycles. The minimum atomic E-state index is -2.94. The fourth-order valence-corrected chi connectivity index (χ4v) is 5.67. The van der Waals surface area contributed by atoms with Gasteiger partial charge >= 0.3 is 0 Å². The third kappa shape index (κ3) is 3.72. The van der Waals surface area contributed by atoms with E-state index in [-0.39, 0.29) is 34.0 Å². The van der Waals surface area contributed by atoms with E-state index < -0.39 is 9.73 Å². The smallest absolute Gasteiger partial charge is 0.287 e. The number of hydrogen-bond acceptors (Lipinski definition) is 7. The molecule has 2 fully saturated rings. The highest BCUT2D eigenvalue weighted by molar-refractivity contribution is 7.93. The van der Waals surface area contributed by atoms with Gasteiger partial charge in [0.1, 0.15) is 15.2 Å². The molecule has 2 aliphatic carbocycles. The van der Waals surface area contributed by atoms with Gasteiger partial charge in [0.15, 0.2) is 10.9 Å². The molecule has 0 spiro atoms. The molecule has 0 unspecified atom stereocenters. The van der Waals surface area contributed by atoms with Gasteiger partial charge in [-0.2, -0.15) is 0 Å². The lowest BCUT2D eigenvalue weighted by molar-refractivity contribution is 0.0891. The number of furan rings is 1. The number of nitrogens with one attached hydrogen (secondary N) is 2. The zero-order chi connectivity index (χ0) is 20.9. The normalized spacial score (nSPS) is 23.9. The van der Waals surface area contributed by atoms with Crippen LogP contribution < -0.4 is 5.32 Å². The van der Waals surface area contributed by atoms with E-state index in [2.05, 4.69) is 15.3 Å². The molecular weight excluding hydrogens is 428 g/mol. The molecule has 1 amide bonds. The average Bonchev–Trinajstić information content (AvgIpc) is 3.32. The van der Waals surface area contributed by atoms with Crippen LogP contribution in [0.1, 0.15) is 60.9 Å². The highest BCUT2D eigenvalue weighted by Gasteiger charge is 2.36. The number of nitrogens with zero attached hydrogens (tertiary/aromatic N) is 2. The summed E-state index contributed by atoms with van der Waals surface area (Å²) in [5.74, 6) is 0.601. The van der Waals surface area contributed by atoms with Crippen LogP contribution in [-0.4, -0.2) is 31.4 Å². The second-order valence-electron chi connectivity index (χ2n) is 7.97. The molecule has 0 radical (unpaired) electrons. The number of carbonyl (C=O) groups is 1. The monoisotopic (exact) mass is 448 g/mol. The highest BCUT2D eigenvalue weighted by Crippen LogP contribution is 2.36. The summed E-state index contributed by atoms with van der Waals surface area (Å²) in [6.45, 7) is 0. The predicted molar refractivity (Wildman–Crippen MR) is 110 cm³/mol. The zero-order valence-corrected chi connectivity index (χ0v) is 17.7. The summed E-state index contributed by atoms with van der Waals surface area (Å²) >= 11 is 5.96. The van der Waals surface area contributed by atoms with Gasteiger partial charge < -0.3 is 14.2 Å². The van der Waals surface area contributed by atoms with Gasteiger partial charge in [-0.15, -0.1) is 0 Å². The minimum absolute atomic E-state index is 0.0167. The zero-order valence-electron chi connectivity index (χ0n) is 16.1. The van der Waals surface area contributed by atoms with Crippen molar-refractivity contribution >= 4 is 38.5 Å². The molecule has 3 aromatic rings. The van der Waals surface area contributed by atoms with E-state index in [1.807, 2.05) is 0 Å². The molecule has 2 aliphatic rings. The maximum Gasteiger partial charge on any atom is 0.287 e. The van der Waals surface area contributed by atoms with Crippen molar-refractivity contribution in [3.8, 4) is 0 Å². The van der Waals surface area contributed by atoms with Crippen molar-refractivity contribution in [2.45, 2.75) is 60.8 Å². The lowest BCUT2D eigenvalue weighted by Gasteiger charge is -2.27. The summed E-state index contributed by atoms with van der Waals surface area (Å²) in [5, 5.41) is 3.46. The molecule has 1 atom stereocenters. The van der Waals surface area contributed by atoms with Gasteiger partial charge in [-0.3, -0.25) is 4.79 Å². The Morgan fingerprint density at radius 2 is 1.93 bits per heavy atom. The van der Waals surface area contributed by atoms with Crippen LogP contribution in [0.25, 0.3) is 11.2 Å². The quantitative estimate of drug-likeness (QED) is 0.592. The molecule has 10 heteroatoms. The van der Waals surface area contributed by atoms with Crippen LogP contribution in [-0.2, 0) is 9.73 Å². The summed E-state index contributed by atoms with van der Waals surface area (Å²) in [4.78, 5) is 21.2. The van der Waals surface area contributed by atoms with Crippen molar-refractivity contribution in [2.24, 2.45) is 0 Å². The standard InChI is InChI=1S/C20H21ClN4O4S/c21-12-9-15-20(23-10-12)29-19(25-15)11-1-3-13(4-2-11)24-18(26)16-7-8-17(28-16)30(22,27)14-5-6-14/h7-11,13-14,22H,1-6H2,(H,24,26)/t11-,13-,30-/m1/s1. The fourth-order valence-electron chi connectivity index (χ4n) is 3.90. The van der Waals surface area contributed by atoms with Crippen molar-refractivity contribution in [2.75, 3.05) is 0 Å². The van der Waals surface area contributed by atoms with Crippen molar-refractivity contribution in [3.63, 3.8) is 0 Å². The Balaban J connectivity index is 1.20. The topological polar surface area (TPSA) is 122 Å². The van der Waals surface area contributed by atoms with Crippen LogP contribution in [0.2, 0.25) is 5.02 Å². The van der Waals surface area contributed by atoms with Crippen LogP contribution in [0.3, 0.4) is 0 Å². The van der Waals surface area contributed by atoms with E-state index in [1.165, 1.54) is 18.3 Å². The molecule has 2 saturated carbocycles. The largest absolute Gasteiger partial charge is 0.441 e. The summed E-state index contributed by atoms with van der Waals surface area (Å²) < 4.78 is 31.7. The molecule has 0 aromatic carbocycles. The highest BCUT2D eigenvalue weighted by atomic mass is 35.5. The molecule has 0 aliphatic heterocycles. The maximum absolute atomic E-state index is 12.5. The SMILES string of the molecule is N=[S@](=O)(c1ccc(C(=O)N[C@H]2CC[C@H](c3nc4cc(Cl)cnc4o3)CC2)o1)C1CC1. The number of pyridine rings is 1. The predicted octanol–water partition coefficient (Wildman–Crippen LogP) is 4.49. The van der Waals surface area contributed by atoms with Gasteiger partial charge in [-0.25, -0.2) is 19.0 Å². The van der Waals surface area contributed by atoms with Gasteiger partial charge in [-0.1, -0.05) is 11.6 Å². The van der Waals surface area contributed by atoms with Gasteiger partial charge in [0.2, 0.25) is 11.6 Å². The van der Waals surface area contributed by atoms with E-state index >= 15 is 0 Å². The van der Waals surface area contributed by atoms with Crippen LogP contribution in [0.5, 0.6) is 0 Å². The number of fused-ring (bicyclic) bond motifs is 1. The van der Waals surface area contributed by atoms with Crippen molar-refractivity contribution < 1.29 is 17.8 Å². The second kappa shape index (κ2) is 7.39. The first-order valence-corrected chi connectivity index (χ1v) is 12.0. The van der Waals surface area contributed by atoms with Crippen LogP contribution in [0, 0.1) is 4.78 Å². The van der Waals surface area contributed by atoms with E-state index in [4.69, 9.17) is 25.2 Å². The number of hydrogen-bond donors (Lipinski definition) is 2. The number of aromatic nitrogens is 2. The van der Waals surface area contributed by atoms with Gasteiger partial charge in [-0.05, 0) is 56.7 Å². The van der Waals surface area contributed by atoms with E-state index in [9.17, 15) is 9.00 Å². The number of halogens is 1. The number of rotatable bonds is 5. The number of amides is 1. The Bertz CT molecular complexity index is 1210. The molecule has 30 heavy (non-hydrogen) atoms. The molecule has 8 nitrogen and oxygen atoms in total. The van der Waals surface area contributed by atoms with Gasteiger partial charge in [0.25, 0.3) is 5.91 Å². The van der Waals surface area contributed by atoms with E-state index in [0.29, 0.717) is 22.1 Å². The Labute approximate surface area is 178 Å². The minimum Gasteiger partial charge on any atom is -0.441 e. The van der Waals surface area contributed by atoms with E-state index in [0.717, 1.165) is 38.5 Å². The Morgan fingerprint density at radius 3 is 2.67 bits per heavy atom. The van der Waals surface area contributed by atoms with E-state index in [1.54, 1.807) is 6.07 Å². The molecule has 158 valence electrons. The van der Waals surface area contributed by atoms with Crippen LogP contribution >= 0.6 is 11.6 Å². The third-order valence-electron chi connectivity index (χ3n) is 5.74. The summed E-state index contributed by atoms with van der Waals surface area (Å²) in [5.41, 5.74) is 1.13. The van der Waals surface area contributed by atoms with Crippen molar-refractivity contribution in [1.82, 2.24) is 15.3 Å². The Hall–Kier alpha value is -2.39. The first kappa shape index (κ1) is 19.6. The first-order valence-electron chi connectivity index (χ1n) is 10.0. The first-order chi connectivity index (χ1) is 14.4. The van der Waals surface area contributed by atoms with Gasteiger partial charge in [0.05, 0.1) is 10.3 Å². The van der Waals surface area contributed by atoms with Crippen molar-refractivity contribution in [3.05, 3.63) is 41.1 Å². The number of carbonyl (C=O) groups excluding carboxylic acids is 1. The molecule has 3 aromatic heterocycles. The van der Waals surface area contributed by atoms with Crippen LogP contribution in [0.4, 0.5) is 0 Å². The third-order valence-corrected chi connectivity index (χ3v) is 8.17. The second-order valence-corrected chi connectivity index (χ2v) is 10.7. The molecule has 0 saturated heterocycles. The summed E-state index contributed by atoms with van der Waals surface area (Å²) in [7, 11) is -2.94. The Morgan fingerprint density at radius 1 is 1.17 bits per heavy atom. The molecule has 5 rings (SSSR count). The lowest BCUT2D eigenvalue weighted by atomic mass is 9.86. The average molecular weight is 449 g/mol. The molecular formula is C20H21ClN4O4S. The summed E-state index contributed by atoms with van der Waals surface area (Å²) in [6.07, 6.45) is 6.32. The summed E-state index contributed by atoms with van der Waals surface area (Å²) in [6, 6.07) is 4.75. The van der Waals surface area contributed by atoms with Crippen molar-refractivity contribution in [1.29, 1.82) is 4.78 Å². The van der Waals surface area contributed by atoms with Gasteiger partial charge in [0, 0.05) is 18.2 Å². The number of oxazole rings is 1. The fraction of sp³-hybridized carbons (Fsp3) is 0.450. The Kier molecular flexibility index (Phi) is 4.82. The lowest BCUT2D eigenvalue weighted by Crippen LogP contribution is -2.37.